The van der Waals surface area contributed by atoms with Gasteiger partial charge in [-0.15, -0.1) is 0 Å². The number of nitro benzene ring substituents is 1. The van der Waals surface area contributed by atoms with E-state index < -0.39 is 28.8 Å². The van der Waals surface area contributed by atoms with Gasteiger partial charge in [0.15, 0.2) is 6.10 Å². The second-order valence-corrected chi connectivity index (χ2v) is 7.07. The van der Waals surface area contributed by atoms with Crippen molar-refractivity contribution in [1.29, 1.82) is 0 Å². The minimum Gasteiger partial charge on any atom is -0.452 e. The Hall–Kier alpha value is -3.46. The fourth-order valence-corrected chi connectivity index (χ4v) is 3.25. The van der Waals surface area contributed by atoms with Crippen LogP contribution in [0.3, 0.4) is 0 Å². The Balaban J connectivity index is 1.75. The summed E-state index contributed by atoms with van der Waals surface area (Å²) >= 11 is 5.85. The number of imide groups is 1. The van der Waals surface area contributed by atoms with Crippen LogP contribution in [-0.2, 0) is 25.5 Å². The summed E-state index contributed by atoms with van der Waals surface area (Å²) in [5, 5.41) is 15.2. The molecule has 3 rings (SSSR count). The van der Waals surface area contributed by atoms with E-state index in [1.54, 1.807) is 12.1 Å². The number of nitro groups is 1. The minimum atomic E-state index is -1.22. The molecule has 1 heterocycles. The Kier molecular flexibility index (Phi) is 6.31. The maximum atomic E-state index is 12.4. The Bertz CT molecular complexity index is 1010. The molecule has 0 aromatic heterocycles. The van der Waals surface area contributed by atoms with Crippen LogP contribution in [0.5, 0.6) is 0 Å². The Morgan fingerprint density at radius 2 is 1.97 bits per heavy atom. The summed E-state index contributed by atoms with van der Waals surface area (Å²) in [6.07, 6.45) is -0.900. The average Bonchev–Trinajstić information content (AvgIpc) is 2.96. The topological polar surface area (TPSA) is 119 Å². The molecule has 1 fully saturated rings. The Morgan fingerprint density at radius 3 is 2.60 bits per heavy atom. The van der Waals surface area contributed by atoms with Crippen LogP contribution in [0.15, 0.2) is 42.5 Å². The summed E-state index contributed by atoms with van der Waals surface area (Å²) in [6.45, 7) is 1.56. The van der Waals surface area contributed by atoms with Crippen LogP contribution < -0.4 is 10.2 Å². The maximum absolute atomic E-state index is 12.4. The molecule has 0 spiro atoms. The van der Waals surface area contributed by atoms with Crippen LogP contribution in [0.4, 0.5) is 17.1 Å². The van der Waals surface area contributed by atoms with Gasteiger partial charge in [-0.1, -0.05) is 23.7 Å². The molecule has 30 heavy (non-hydrogen) atoms. The quantitative estimate of drug-likeness (QED) is 0.309. The standard InChI is InChI=1S/C20H18ClN3O6/c1-12(25)30-18-11-19(26)23(20(18)27)15-6-7-16(17(10-15)24(28)29)22-9-8-13-2-4-14(21)5-3-13/h2-7,10,18,22H,8-9,11H2,1H3. The molecule has 2 aromatic rings. The molecule has 0 aliphatic carbocycles. The van der Waals surface area contributed by atoms with Gasteiger partial charge in [-0.25, -0.2) is 4.90 Å². The smallest absolute Gasteiger partial charge is 0.303 e. The molecule has 1 unspecified atom stereocenters. The number of hydrogen-bond donors (Lipinski definition) is 1. The first kappa shape index (κ1) is 21.3. The molecule has 1 aliphatic heterocycles. The highest BCUT2D eigenvalue weighted by Crippen LogP contribution is 2.32. The zero-order valence-electron chi connectivity index (χ0n) is 16.0. The van der Waals surface area contributed by atoms with Crippen LogP contribution >= 0.6 is 11.6 Å². The van der Waals surface area contributed by atoms with Crippen LogP contribution in [0.2, 0.25) is 5.02 Å². The van der Waals surface area contributed by atoms with Crippen molar-refractivity contribution in [2.45, 2.75) is 25.9 Å². The lowest BCUT2D eigenvalue weighted by atomic mass is 10.1. The lowest BCUT2D eigenvalue weighted by Crippen LogP contribution is -2.33. The number of nitrogens with one attached hydrogen (secondary N) is 1. The number of hydrogen-bond acceptors (Lipinski definition) is 7. The average molecular weight is 432 g/mol. The predicted octanol–water partition coefficient (Wildman–Crippen LogP) is 3.10. The fourth-order valence-electron chi connectivity index (χ4n) is 3.12. The van der Waals surface area contributed by atoms with E-state index >= 15 is 0 Å². The van der Waals surface area contributed by atoms with Crippen LogP contribution in [0.1, 0.15) is 18.9 Å². The highest BCUT2D eigenvalue weighted by molar-refractivity contribution is 6.30. The van der Waals surface area contributed by atoms with E-state index in [1.165, 1.54) is 12.1 Å². The predicted molar refractivity (Wildman–Crippen MR) is 109 cm³/mol. The summed E-state index contributed by atoms with van der Waals surface area (Å²) in [6, 6.07) is 11.3. The van der Waals surface area contributed by atoms with E-state index in [-0.39, 0.29) is 23.5 Å². The van der Waals surface area contributed by atoms with Crippen molar-refractivity contribution in [2.24, 2.45) is 0 Å². The second kappa shape index (κ2) is 8.91. The normalized spacial score (nSPS) is 15.9. The van der Waals surface area contributed by atoms with Crippen molar-refractivity contribution in [3.8, 4) is 0 Å². The lowest BCUT2D eigenvalue weighted by Gasteiger charge is -2.16. The molecule has 2 aromatic carbocycles. The van der Waals surface area contributed by atoms with Gasteiger partial charge in [0.25, 0.3) is 11.6 Å². The molecule has 2 amide bonds. The summed E-state index contributed by atoms with van der Waals surface area (Å²) in [7, 11) is 0. The molecule has 1 aliphatic rings. The van der Waals surface area contributed by atoms with Crippen molar-refractivity contribution in [3.63, 3.8) is 0 Å². The van der Waals surface area contributed by atoms with E-state index in [1.807, 2.05) is 12.1 Å². The molecular weight excluding hydrogens is 414 g/mol. The maximum Gasteiger partial charge on any atom is 0.303 e. The largest absolute Gasteiger partial charge is 0.452 e. The molecule has 156 valence electrons. The number of benzene rings is 2. The van der Waals surface area contributed by atoms with Gasteiger partial charge in [-0.2, -0.15) is 0 Å². The van der Waals surface area contributed by atoms with Gasteiger partial charge in [0.2, 0.25) is 5.91 Å². The first-order chi connectivity index (χ1) is 14.3. The molecule has 1 atom stereocenters. The third-order valence-corrected chi connectivity index (χ3v) is 4.74. The number of rotatable bonds is 7. The van der Waals surface area contributed by atoms with Gasteiger partial charge in [-0.3, -0.25) is 24.5 Å². The van der Waals surface area contributed by atoms with Gasteiger partial charge in [-0.05, 0) is 36.2 Å². The Morgan fingerprint density at radius 1 is 1.27 bits per heavy atom. The van der Waals surface area contributed by atoms with Crippen molar-refractivity contribution in [1.82, 2.24) is 0 Å². The summed E-state index contributed by atoms with van der Waals surface area (Å²) in [5.41, 5.74) is 1.04. The van der Waals surface area contributed by atoms with Gasteiger partial charge < -0.3 is 10.1 Å². The highest BCUT2D eigenvalue weighted by Gasteiger charge is 2.42. The molecule has 0 saturated carbocycles. The van der Waals surface area contributed by atoms with E-state index in [9.17, 15) is 24.5 Å². The molecule has 1 N–H and O–H groups in total. The van der Waals surface area contributed by atoms with E-state index in [0.29, 0.717) is 18.0 Å². The van der Waals surface area contributed by atoms with Crippen molar-refractivity contribution in [2.75, 3.05) is 16.8 Å². The monoisotopic (exact) mass is 431 g/mol. The minimum absolute atomic E-state index is 0.0506. The van der Waals surface area contributed by atoms with Gasteiger partial charge in [0, 0.05) is 24.6 Å². The van der Waals surface area contributed by atoms with Crippen LogP contribution in [0.25, 0.3) is 0 Å². The summed E-state index contributed by atoms with van der Waals surface area (Å²) in [5.74, 6) is -2.01. The SMILES string of the molecule is CC(=O)OC1CC(=O)N(c2ccc(NCCc3ccc(Cl)cc3)c([N+](=O)[O-])c2)C1=O. The third-order valence-electron chi connectivity index (χ3n) is 4.49. The molecular formula is C20H18ClN3O6. The first-order valence-corrected chi connectivity index (χ1v) is 9.45. The zero-order valence-corrected chi connectivity index (χ0v) is 16.7. The van der Waals surface area contributed by atoms with E-state index in [0.717, 1.165) is 23.5 Å². The van der Waals surface area contributed by atoms with Crippen molar-refractivity contribution >= 4 is 46.4 Å². The molecule has 9 nitrogen and oxygen atoms in total. The van der Waals surface area contributed by atoms with E-state index in [4.69, 9.17) is 16.3 Å². The number of amides is 2. The third kappa shape index (κ3) is 4.74. The second-order valence-electron chi connectivity index (χ2n) is 6.63. The van der Waals surface area contributed by atoms with Crippen molar-refractivity contribution < 1.29 is 24.0 Å². The van der Waals surface area contributed by atoms with Crippen LogP contribution in [0, 0.1) is 10.1 Å². The molecule has 10 heteroatoms. The number of carbonyl (C=O) groups is 3. The number of carbonyl (C=O) groups excluding carboxylic acids is 3. The fraction of sp³-hybridized carbons (Fsp3) is 0.250. The van der Waals surface area contributed by atoms with E-state index in [2.05, 4.69) is 5.32 Å². The Labute approximate surface area is 176 Å². The molecule has 0 radical (unpaired) electrons. The molecule has 0 bridgehead atoms. The number of anilines is 2. The van der Waals surface area contributed by atoms with Gasteiger partial charge in [0.1, 0.15) is 5.69 Å². The van der Waals surface area contributed by atoms with Gasteiger partial charge >= 0.3 is 5.97 Å². The first-order valence-electron chi connectivity index (χ1n) is 9.07. The van der Waals surface area contributed by atoms with Crippen LogP contribution in [-0.4, -0.2) is 35.4 Å². The van der Waals surface area contributed by atoms with Gasteiger partial charge in [0.05, 0.1) is 17.0 Å². The number of halogens is 1. The summed E-state index contributed by atoms with van der Waals surface area (Å²) < 4.78 is 4.84. The lowest BCUT2D eigenvalue weighted by molar-refractivity contribution is -0.383. The zero-order chi connectivity index (χ0) is 21.8. The molecule has 1 saturated heterocycles. The highest BCUT2D eigenvalue weighted by atomic mass is 35.5. The number of esters is 1. The summed E-state index contributed by atoms with van der Waals surface area (Å²) in [4.78, 5) is 47.4. The van der Waals surface area contributed by atoms with Crippen molar-refractivity contribution in [3.05, 3.63) is 63.2 Å². The number of ether oxygens (including phenoxy) is 1. The number of nitrogens with zero attached hydrogens (tertiary/aromatic N) is 2.